The number of likely N-dealkylation sites (tertiary alicyclic amines) is 1. The molecule has 2 atom stereocenters. The van der Waals surface area contributed by atoms with Crippen LogP contribution in [0, 0.1) is 13.8 Å². The lowest BCUT2D eigenvalue weighted by molar-refractivity contribution is -0.134. The van der Waals surface area contributed by atoms with Crippen molar-refractivity contribution in [1.82, 2.24) is 14.7 Å². The zero-order valence-corrected chi connectivity index (χ0v) is 20.7. The number of benzene rings is 2. The number of rotatable bonds is 9. The van der Waals surface area contributed by atoms with Gasteiger partial charge in [-0.15, -0.1) is 0 Å². The Kier molecular flexibility index (Phi) is 8.64. The number of anilines is 1. The predicted molar refractivity (Wildman–Crippen MR) is 134 cm³/mol. The van der Waals surface area contributed by atoms with E-state index in [-0.39, 0.29) is 18.4 Å². The molecule has 0 spiro atoms. The molecule has 2 aromatic carbocycles. The minimum Gasteiger partial charge on any atom is -0.335 e. The summed E-state index contributed by atoms with van der Waals surface area (Å²) in [6, 6.07) is 17.2. The average Bonchev–Trinajstić information content (AvgIpc) is 3.30. The smallest absolute Gasteiger partial charge is 0.243 e. The Balaban J connectivity index is 1.52. The van der Waals surface area contributed by atoms with Crippen LogP contribution in [0.3, 0.4) is 0 Å². The van der Waals surface area contributed by atoms with Gasteiger partial charge in [0.1, 0.15) is 0 Å². The first-order valence-electron chi connectivity index (χ1n) is 11.9. The van der Waals surface area contributed by atoms with Crippen molar-refractivity contribution >= 4 is 17.5 Å². The third kappa shape index (κ3) is 6.42. The Labute approximate surface area is 198 Å². The summed E-state index contributed by atoms with van der Waals surface area (Å²) in [6.07, 6.45) is 1.05. The van der Waals surface area contributed by atoms with Gasteiger partial charge in [-0.1, -0.05) is 55.5 Å². The standard InChI is InChI=1S/C27H38N4O2/c1-6-30(24-15-16-31(17-24)22(4)23-13-8-7-9-14-23)19-26(33)29(5)18-25(32)28-27-20(2)11-10-12-21(27)3/h7-14,22,24H,6,15-19H2,1-5H3,(H,28,32). The van der Waals surface area contributed by atoms with Crippen LogP contribution in [-0.2, 0) is 9.59 Å². The number of nitrogens with zero attached hydrogens (tertiary/aromatic N) is 3. The van der Waals surface area contributed by atoms with Crippen LogP contribution in [-0.4, -0.2) is 72.3 Å². The molecule has 6 heteroatoms. The fraction of sp³-hybridized carbons (Fsp3) is 0.481. The van der Waals surface area contributed by atoms with Crippen LogP contribution in [0.1, 0.15) is 43.0 Å². The van der Waals surface area contributed by atoms with E-state index in [0.29, 0.717) is 18.6 Å². The van der Waals surface area contributed by atoms with Gasteiger partial charge in [0.15, 0.2) is 0 Å². The Hall–Kier alpha value is -2.70. The molecule has 0 bridgehead atoms. The van der Waals surface area contributed by atoms with Crippen molar-refractivity contribution < 1.29 is 9.59 Å². The molecule has 2 aromatic rings. The second kappa shape index (κ2) is 11.4. The quantitative estimate of drug-likeness (QED) is 0.630. The highest BCUT2D eigenvalue weighted by molar-refractivity contribution is 5.95. The zero-order chi connectivity index (χ0) is 24.0. The molecule has 1 aliphatic rings. The van der Waals surface area contributed by atoms with Gasteiger partial charge in [0, 0.05) is 37.9 Å². The monoisotopic (exact) mass is 450 g/mol. The van der Waals surface area contributed by atoms with Crippen LogP contribution < -0.4 is 5.32 Å². The number of likely N-dealkylation sites (N-methyl/N-ethyl adjacent to an activating group) is 2. The lowest BCUT2D eigenvalue weighted by atomic mass is 10.1. The van der Waals surface area contributed by atoms with E-state index >= 15 is 0 Å². The molecule has 0 saturated carbocycles. The van der Waals surface area contributed by atoms with Gasteiger partial charge in [-0.2, -0.15) is 0 Å². The number of para-hydroxylation sites is 1. The van der Waals surface area contributed by atoms with E-state index in [2.05, 4.69) is 53.2 Å². The van der Waals surface area contributed by atoms with E-state index in [0.717, 1.165) is 42.9 Å². The maximum Gasteiger partial charge on any atom is 0.243 e. The highest BCUT2D eigenvalue weighted by atomic mass is 16.2. The van der Waals surface area contributed by atoms with Crippen molar-refractivity contribution in [2.24, 2.45) is 0 Å². The molecule has 0 aliphatic carbocycles. The first-order chi connectivity index (χ1) is 15.8. The maximum atomic E-state index is 12.9. The van der Waals surface area contributed by atoms with Gasteiger partial charge >= 0.3 is 0 Å². The van der Waals surface area contributed by atoms with Crippen LogP contribution >= 0.6 is 0 Å². The summed E-state index contributed by atoms with van der Waals surface area (Å²) >= 11 is 0. The molecule has 1 N–H and O–H groups in total. The number of hydrogen-bond acceptors (Lipinski definition) is 4. The first-order valence-corrected chi connectivity index (χ1v) is 11.9. The van der Waals surface area contributed by atoms with Gasteiger partial charge in [0.25, 0.3) is 0 Å². The van der Waals surface area contributed by atoms with Crippen molar-refractivity contribution in [3.8, 4) is 0 Å². The molecule has 2 unspecified atom stereocenters. The number of hydrogen-bond donors (Lipinski definition) is 1. The molecule has 1 aliphatic heterocycles. The molecular weight excluding hydrogens is 412 g/mol. The number of nitrogens with one attached hydrogen (secondary N) is 1. The van der Waals surface area contributed by atoms with Crippen molar-refractivity contribution in [3.63, 3.8) is 0 Å². The molecule has 1 heterocycles. The summed E-state index contributed by atoms with van der Waals surface area (Å²) in [4.78, 5) is 31.8. The van der Waals surface area contributed by atoms with Crippen molar-refractivity contribution in [2.75, 3.05) is 45.1 Å². The summed E-state index contributed by atoms with van der Waals surface area (Å²) in [5.41, 5.74) is 4.19. The lowest BCUT2D eigenvalue weighted by Gasteiger charge is -2.30. The molecule has 0 radical (unpaired) electrons. The van der Waals surface area contributed by atoms with Gasteiger partial charge in [-0.3, -0.25) is 19.4 Å². The summed E-state index contributed by atoms with van der Waals surface area (Å²) < 4.78 is 0. The second-order valence-corrected chi connectivity index (χ2v) is 9.15. The lowest BCUT2D eigenvalue weighted by Crippen LogP contribution is -2.46. The van der Waals surface area contributed by atoms with E-state index in [1.54, 1.807) is 7.05 Å². The van der Waals surface area contributed by atoms with Crippen molar-refractivity contribution in [1.29, 1.82) is 0 Å². The van der Waals surface area contributed by atoms with Gasteiger partial charge in [-0.05, 0) is 50.4 Å². The van der Waals surface area contributed by atoms with Crippen LogP contribution in [0.2, 0.25) is 0 Å². The summed E-state index contributed by atoms with van der Waals surface area (Å²) in [7, 11) is 1.71. The third-order valence-electron chi connectivity index (χ3n) is 6.84. The van der Waals surface area contributed by atoms with E-state index in [1.807, 2.05) is 38.1 Å². The number of aryl methyl sites for hydroxylation is 2. The van der Waals surface area contributed by atoms with Crippen LogP contribution in [0.5, 0.6) is 0 Å². The van der Waals surface area contributed by atoms with Crippen molar-refractivity contribution in [2.45, 2.75) is 46.2 Å². The highest BCUT2D eigenvalue weighted by Gasteiger charge is 2.31. The van der Waals surface area contributed by atoms with E-state index in [4.69, 9.17) is 0 Å². The van der Waals surface area contributed by atoms with E-state index in [9.17, 15) is 9.59 Å². The Morgan fingerprint density at radius 3 is 2.36 bits per heavy atom. The van der Waals surface area contributed by atoms with Crippen LogP contribution in [0.4, 0.5) is 5.69 Å². The fourth-order valence-corrected chi connectivity index (χ4v) is 4.65. The molecule has 1 saturated heterocycles. The number of carbonyl (C=O) groups excluding carboxylic acids is 2. The van der Waals surface area contributed by atoms with Crippen molar-refractivity contribution in [3.05, 3.63) is 65.2 Å². The summed E-state index contributed by atoms with van der Waals surface area (Å²) in [5, 5.41) is 2.97. The second-order valence-electron chi connectivity index (χ2n) is 9.15. The van der Waals surface area contributed by atoms with E-state index < -0.39 is 0 Å². The molecule has 33 heavy (non-hydrogen) atoms. The SMILES string of the molecule is CCN(CC(=O)N(C)CC(=O)Nc1c(C)cccc1C)C1CCN(C(C)c2ccccc2)C1. The Bertz CT molecular complexity index is 926. The number of amides is 2. The third-order valence-corrected chi connectivity index (χ3v) is 6.84. The first kappa shape index (κ1) is 24.9. The largest absolute Gasteiger partial charge is 0.335 e. The van der Waals surface area contributed by atoms with Gasteiger partial charge in [-0.25, -0.2) is 0 Å². The Morgan fingerprint density at radius 2 is 1.73 bits per heavy atom. The minimum atomic E-state index is -0.171. The molecule has 1 fully saturated rings. The summed E-state index contributed by atoms with van der Waals surface area (Å²) in [5.74, 6) is -0.196. The maximum absolute atomic E-state index is 12.9. The Morgan fingerprint density at radius 1 is 1.06 bits per heavy atom. The molecule has 6 nitrogen and oxygen atoms in total. The number of carbonyl (C=O) groups is 2. The molecule has 2 amide bonds. The average molecular weight is 451 g/mol. The normalized spacial score (nSPS) is 17.2. The van der Waals surface area contributed by atoms with Gasteiger partial charge in [0.05, 0.1) is 13.1 Å². The molecule has 0 aromatic heterocycles. The predicted octanol–water partition coefficient (Wildman–Crippen LogP) is 3.86. The van der Waals surface area contributed by atoms with Crippen LogP contribution in [0.15, 0.2) is 48.5 Å². The van der Waals surface area contributed by atoms with Gasteiger partial charge in [0.2, 0.25) is 11.8 Å². The molecule has 178 valence electrons. The van der Waals surface area contributed by atoms with Crippen LogP contribution in [0.25, 0.3) is 0 Å². The molecular formula is C27H38N4O2. The molecule has 3 rings (SSSR count). The van der Waals surface area contributed by atoms with Gasteiger partial charge < -0.3 is 10.2 Å². The van der Waals surface area contributed by atoms with E-state index in [1.165, 1.54) is 10.5 Å². The fourth-order valence-electron chi connectivity index (χ4n) is 4.65. The topological polar surface area (TPSA) is 55.9 Å². The summed E-state index contributed by atoms with van der Waals surface area (Å²) in [6.45, 7) is 11.5. The zero-order valence-electron chi connectivity index (χ0n) is 20.7. The minimum absolute atomic E-state index is 0.0249. The highest BCUT2D eigenvalue weighted by Crippen LogP contribution is 2.26.